The van der Waals surface area contributed by atoms with Gasteiger partial charge in [0.2, 0.25) is 11.8 Å². The van der Waals surface area contributed by atoms with E-state index in [1.807, 2.05) is 24.3 Å². The second kappa shape index (κ2) is 11.4. The number of carbonyl (C=O) groups excluding carboxylic acids is 3. The number of thioether (sulfide) groups is 1. The monoisotopic (exact) mass is 578 g/mol. The third-order valence-electron chi connectivity index (χ3n) is 7.39. The van der Waals surface area contributed by atoms with Crippen molar-refractivity contribution in [3.63, 3.8) is 0 Å². The second-order valence-corrected chi connectivity index (χ2v) is 11.0. The number of anilines is 3. The minimum atomic E-state index is -0.454. The van der Waals surface area contributed by atoms with Crippen LogP contribution in [0.4, 0.5) is 21.9 Å². The van der Waals surface area contributed by atoms with E-state index in [0.717, 1.165) is 16.1 Å². The first-order valence-electron chi connectivity index (χ1n) is 13.4. The Kier molecular flexibility index (Phi) is 7.54. The predicted octanol–water partition coefficient (Wildman–Crippen LogP) is 2.67. The van der Waals surface area contributed by atoms with Crippen LogP contribution in [-0.4, -0.2) is 85.7 Å². The highest BCUT2D eigenvalue weighted by atomic mass is 32.2. The highest BCUT2D eigenvalue weighted by Crippen LogP contribution is 2.36. The van der Waals surface area contributed by atoms with Crippen molar-refractivity contribution in [2.24, 2.45) is 5.92 Å². The van der Waals surface area contributed by atoms with E-state index in [1.165, 1.54) is 11.8 Å². The van der Waals surface area contributed by atoms with Gasteiger partial charge in [-0.15, -0.1) is 11.8 Å². The molecule has 3 aromatic rings. The molecule has 2 saturated heterocycles. The van der Waals surface area contributed by atoms with E-state index >= 15 is 0 Å². The number of amides is 2. The van der Waals surface area contributed by atoms with Gasteiger partial charge in [0.05, 0.1) is 48.8 Å². The molecule has 0 bridgehead atoms. The van der Waals surface area contributed by atoms with Crippen molar-refractivity contribution in [3.8, 4) is 5.88 Å². The Hall–Kier alpha value is -4.10. The summed E-state index contributed by atoms with van der Waals surface area (Å²) in [6.07, 6.45) is 0.848. The summed E-state index contributed by atoms with van der Waals surface area (Å²) in [5.74, 6) is 0.0748. The molecule has 0 aliphatic carbocycles. The zero-order chi connectivity index (χ0) is 28.5. The number of nitrogens with zero attached hydrogens (tertiary/aromatic N) is 4. The van der Waals surface area contributed by atoms with Gasteiger partial charge in [-0.05, 0) is 37.3 Å². The Morgan fingerprint density at radius 3 is 2.90 bits per heavy atom. The van der Waals surface area contributed by atoms with Crippen LogP contribution in [0.15, 0.2) is 47.5 Å². The zero-order valence-corrected chi connectivity index (χ0v) is 23.5. The molecule has 0 saturated carbocycles. The highest BCUT2D eigenvalue weighted by molar-refractivity contribution is 8.00. The molecule has 2 fully saturated rings. The number of pyridine rings is 2. The van der Waals surface area contributed by atoms with Gasteiger partial charge in [0.25, 0.3) is 0 Å². The maximum Gasteiger partial charge on any atom is 0.414 e. The highest BCUT2D eigenvalue weighted by Gasteiger charge is 2.41. The molecule has 3 aliphatic heterocycles. The fraction of sp³-hybridized carbons (Fsp3) is 0.393. The molecule has 41 heavy (non-hydrogen) atoms. The van der Waals surface area contributed by atoms with Crippen molar-refractivity contribution >= 4 is 57.8 Å². The quantitative estimate of drug-likeness (QED) is 0.382. The van der Waals surface area contributed by atoms with Crippen molar-refractivity contribution in [2.75, 3.05) is 60.8 Å². The van der Waals surface area contributed by atoms with Crippen molar-refractivity contribution in [1.29, 1.82) is 0 Å². The van der Waals surface area contributed by atoms with E-state index in [0.29, 0.717) is 54.7 Å². The number of hydrogen-bond acceptors (Lipinski definition) is 11. The van der Waals surface area contributed by atoms with Crippen LogP contribution in [0.5, 0.6) is 5.88 Å². The Bertz CT molecular complexity index is 1500. The number of esters is 1. The van der Waals surface area contributed by atoms with E-state index in [1.54, 1.807) is 37.3 Å². The number of rotatable bonds is 8. The van der Waals surface area contributed by atoms with E-state index in [4.69, 9.17) is 14.2 Å². The van der Waals surface area contributed by atoms with Gasteiger partial charge < -0.3 is 29.7 Å². The van der Waals surface area contributed by atoms with Crippen LogP contribution in [-0.2, 0) is 19.1 Å². The molecule has 3 aliphatic rings. The lowest BCUT2D eigenvalue weighted by atomic mass is 10.0. The number of aromatic nitrogens is 2. The zero-order valence-electron chi connectivity index (χ0n) is 22.7. The first-order valence-corrected chi connectivity index (χ1v) is 14.4. The van der Waals surface area contributed by atoms with Gasteiger partial charge in [-0.2, -0.15) is 0 Å². The number of hydrogen-bond donors (Lipinski definition) is 2. The Morgan fingerprint density at radius 2 is 2.07 bits per heavy atom. The number of methoxy groups -OCH3 is 1. The molecular weight excluding hydrogens is 548 g/mol. The summed E-state index contributed by atoms with van der Waals surface area (Å²) in [7, 11) is 1.57. The molecule has 0 radical (unpaired) electrons. The molecule has 2 aromatic heterocycles. The fourth-order valence-electron chi connectivity index (χ4n) is 5.42. The first kappa shape index (κ1) is 27.1. The lowest BCUT2D eigenvalue weighted by molar-refractivity contribution is -0.147. The Labute approximate surface area is 240 Å². The van der Waals surface area contributed by atoms with Crippen LogP contribution in [0.3, 0.4) is 0 Å². The van der Waals surface area contributed by atoms with Gasteiger partial charge in [0.15, 0.2) is 0 Å². The van der Waals surface area contributed by atoms with Crippen LogP contribution in [0.25, 0.3) is 11.0 Å². The van der Waals surface area contributed by atoms with Crippen LogP contribution >= 0.6 is 11.8 Å². The minimum Gasteiger partial charge on any atom is -0.481 e. The molecule has 5 heterocycles. The fourth-order valence-corrected chi connectivity index (χ4v) is 6.21. The molecule has 1 unspecified atom stereocenters. The molecule has 3 atom stereocenters. The number of fused-ring (bicyclic) bond motifs is 2. The first-order chi connectivity index (χ1) is 19.9. The van der Waals surface area contributed by atoms with E-state index in [-0.39, 0.29) is 24.5 Å². The summed E-state index contributed by atoms with van der Waals surface area (Å²) in [5.41, 5.74) is 3.62. The number of cyclic esters (lactones) is 1. The summed E-state index contributed by atoms with van der Waals surface area (Å²) in [5, 5.41) is 6.32. The summed E-state index contributed by atoms with van der Waals surface area (Å²) >= 11 is 1.47. The Morgan fingerprint density at radius 1 is 1.20 bits per heavy atom. The van der Waals surface area contributed by atoms with Crippen LogP contribution in [0, 0.1) is 5.92 Å². The van der Waals surface area contributed by atoms with E-state index in [2.05, 4.69) is 25.5 Å². The normalized spacial score (nSPS) is 22.0. The lowest BCUT2D eigenvalue weighted by Crippen LogP contribution is -2.44. The molecule has 2 N–H and O–H groups in total. The van der Waals surface area contributed by atoms with E-state index in [9.17, 15) is 14.4 Å². The average Bonchev–Trinajstić information content (AvgIpc) is 3.58. The number of nitrogens with one attached hydrogen (secondary N) is 2. The van der Waals surface area contributed by atoms with Crippen molar-refractivity contribution in [2.45, 2.75) is 24.0 Å². The topological polar surface area (TPSA) is 135 Å². The van der Waals surface area contributed by atoms with Gasteiger partial charge in [-0.25, -0.2) is 9.78 Å². The predicted molar refractivity (Wildman–Crippen MR) is 154 cm³/mol. The van der Waals surface area contributed by atoms with Crippen molar-refractivity contribution < 1.29 is 28.6 Å². The van der Waals surface area contributed by atoms with Gasteiger partial charge in [-0.3, -0.25) is 19.5 Å². The molecule has 2 amide bonds. The largest absolute Gasteiger partial charge is 0.481 e. The third-order valence-corrected chi connectivity index (χ3v) is 8.46. The SMILES string of the molecule is CCOC(=O)[C@H]1CN(c2ccnc3ccc(OC)nc23)C[C@@H]1NCC1CN(c2ccc3c(c2)NC(=O)CS3)C(=O)O1. The van der Waals surface area contributed by atoms with Gasteiger partial charge >= 0.3 is 12.1 Å². The smallest absolute Gasteiger partial charge is 0.414 e. The molecule has 0 spiro atoms. The van der Waals surface area contributed by atoms with Crippen LogP contribution in [0.1, 0.15) is 6.92 Å². The molecule has 13 heteroatoms. The summed E-state index contributed by atoms with van der Waals surface area (Å²) < 4.78 is 16.4. The summed E-state index contributed by atoms with van der Waals surface area (Å²) in [6.45, 7) is 3.73. The van der Waals surface area contributed by atoms with Crippen LogP contribution in [0.2, 0.25) is 0 Å². The molecule has 1 aromatic carbocycles. The van der Waals surface area contributed by atoms with Gasteiger partial charge in [0.1, 0.15) is 11.6 Å². The van der Waals surface area contributed by atoms with Crippen LogP contribution < -0.4 is 25.2 Å². The third kappa shape index (κ3) is 5.46. The van der Waals surface area contributed by atoms with Gasteiger partial charge in [-0.1, -0.05) is 0 Å². The summed E-state index contributed by atoms with van der Waals surface area (Å²) in [4.78, 5) is 51.2. The number of benzene rings is 1. The molecule has 12 nitrogen and oxygen atoms in total. The molecule has 214 valence electrons. The summed E-state index contributed by atoms with van der Waals surface area (Å²) in [6, 6.07) is 10.8. The standard InChI is InChI=1S/C28H30N6O6S/c1-3-39-27(36)18-13-33(22-8-9-29-19-5-7-25(38-2)32-26(19)22)14-21(18)30-11-17-12-34(28(37)40-17)16-4-6-23-20(10-16)31-24(35)15-41-23/h4-10,17-18,21,30H,3,11-15H2,1-2H3,(H,31,35)/t17?,18-,21-/m0/s1. The van der Waals surface area contributed by atoms with E-state index < -0.39 is 18.1 Å². The maximum absolute atomic E-state index is 13.0. The maximum atomic E-state index is 13.0. The average molecular weight is 579 g/mol. The van der Waals surface area contributed by atoms with Crippen molar-refractivity contribution in [3.05, 3.63) is 42.6 Å². The number of carbonyl (C=O) groups is 3. The Balaban J connectivity index is 1.16. The van der Waals surface area contributed by atoms with Gasteiger partial charge in [0, 0.05) is 48.5 Å². The lowest BCUT2D eigenvalue weighted by Gasteiger charge is -2.21. The second-order valence-electron chi connectivity index (χ2n) is 9.96. The minimum absolute atomic E-state index is 0.0674. The number of ether oxygens (including phenoxy) is 3. The van der Waals surface area contributed by atoms with Crippen molar-refractivity contribution in [1.82, 2.24) is 15.3 Å². The molecule has 6 rings (SSSR count). The molecular formula is C28H30N6O6S.